The van der Waals surface area contributed by atoms with Gasteiger partial charge in [0.1, 0.15) is 5.62 Å². The third kappa shape index (κ3) is 1.76. The van der Waals surface area contributed by atoms with Gasteiger partial charge in [0.2, 0.25) is 0 Å². The monoisotopic (exact) mass is 188 g/mol. The Morgan fingerprint density at radius 1 is 0.750 bits per heavy atom. The molecule has 0 aromatic carbocycles. The van der Waals surface area contributed by atoms with Crippen LogP contribution >= 0.6 is 11.6 Å². The van der Waals surface area contributed by atoms with Crippen molar-refractivity contribution in [2.24, 2.45) is 0 Å². The van der Waals surface area contributed by atoms with E-state index in [1.54, 1.807) is 0 Å². The number of likely N-dealkylation sites (tertiary alicyclic amines) is 2. The smallest absolute Gasteiger partial charge is 0.140 e. The Morgan fingerprint density at radius 2 is 1.08 bits per heavy atom. The largest absolute Gasteiger partial charge is 0.275 e. The van der Waals surface area contributed by atoms with Crippen molar-refractivity contribution in [3.8, 4) is 0 Å². The van der Waals surface area contributed by atoms with Crippen LogP contribution in [0.5, 0.6) is 0 Å². The molecule has 0 atom stereocenters. The van der Waals surface area contributed by atoms with E-state index in [-0.39, 0.29) is 5.62 Å². The minimum Gasteiger partial charge on any atom is -0.275 e. The molecule has 2 saturated heterocycles. The highest BCUT2D eigenvalue weighted by Gasteiger charge is 2.26. The summed E-state index contributed by atoms with van der Waals surface area (Å²) in [6.45, 7) is 4.80. The molecule has 0 saturated carbocycles. The second kappa shape index (κ2) is 3.95. The molecule has 2 rings (SSSR count). The lowest BCUT2D eigenvalue weighted by Gasteiger charge is -2.29. The zero-order valence-corrected chi connectivity index (χ0v) is 8.26. The van der Waals surface area contributed by atoms with E-state index >= 15 is 0 Å². The maximum Gasteiger partial charge on any atom is 0.140 e. The Morgan fingerprint density at radius 3 is 1.42 bits per heavy atom. The summed E-state index contributed by atoms with van der Waals surface area (Å²) in [7, 11) is 0. The van der Waals surface area contributed by atoms with Gasteiger partial charge in [0, 0.05) is 26.2 Å². The van der Waals surface area contributed by atoms with Gasteiger partial charge in [0.05, 0.1) is 0 Å². The highest BCUT2D eigenvalue weighted by Crippen LogP contribution is 2.21. The van der Waals surface area contributed by atoms with Crippen molar-refractivity contribution < 1.29 is 0 Å². The first kappa shape index (κ1) is 8.79. The molecule has 0 aromatic heterocycles. The van der Waals surface area contributed by atoms with E-state index in [9.17, 15) is 0 Å². The lowest BCUT2D eigenvalue weighted by molar-refractivity contribution is 0.145. The number of nitrogens with zero attached hydrogens (tertiary/aromatic N) is 2. The van der Waals surface area contributed by atoms with E-state index < -0.39 is 0 Å². The quantitative estimate of drug-likeness (QED) is 0.481. The van der Waals surface area contributed by atoms with E-state index in [0.717, 1.165) is 0 Å². The fourth-order valence-electron chi connectivity index (χ4n) is 2.14. The molecule has 0 aliphatic carbocycles. The SMILES string of the molecule is ClC(N1CCCC1)N1CCCC1. The van der Waals surface area contributed by atoms with Gasteiger partial charge >= 0.3 is 0 Å². The lowest BCUT2D eigenvalue weighted by Crippen LogP contribution is -2.41. The van der Waals surface area contributed by atoms with Crippen molar-refractivity contribution >= 4 is 11.6 Å². The van der Waals surface area contributed by atoms with Crippen molar-refractivity contribution in [2.45, 2.75) is 31.3 Å². The Hall–Kier alpha value is 0.210. The van der Waals surface area contributed by atoms with E-state index in [1.165, 1.54) is 51.9 Å². The normalized spacial score (nSPS) is 27.5. The second-order valence-electron chi connectivity index (χ2n) is 3.80. The van der Waals surface area contributed by atoms with E-state index in [0.29, 0.717) is 0 Å². The highest BCUT2D eigenvalue weighted by atomic mass is 35.5. The summed E-state index contributed by atoms with van der Waals surface area (Å²) >= 11 is 6.35. The maximum absolute atomic E-state index is 6.35. The van der Waals surface area contributed by atoms with Gasteiger partial charge < -0.3 is 0 Å². The topological polar surface area (TPSA) is 6.48 Å². The molecule has 0 spiro atoms. The fraction of sp³-hybridized carbons (Fsp3) is 1.00. The number of hydrogen-bond donors (Lipinski definition) is 0. The molecule has 2 nitrogen and oxygen atoms in total. The second-order valence-corrected chi connectivity index (χ2v) is 4.19. The van der Waals surface area contributed by atoms with Crippen molar-refractivity contribution in [2.75, 3.05) is 26.2 Å². The van der Waals surface area contributed by atoms with Crippen molar-refractivity contribution in [1.29, 1.82) is 0 Å². The number of hydrogen-bond acceptors (Lipinski definition) is 2. The van der Waals surface area contributed by atoms with Crippen LogP contribution in [-0.2, 0) is 0 Å². The molecule has 0 N–H and O–H groups in total. The maximum atomic E-state index is 6.35. The molecule has 3 heteroatoms. The van der Waals surface area contributed by atoms with Crippen molar-refractivity contribution in [3.63, 3.8) is 0 Å². The van der Waals surface area contributed by atoms with Gasteiger partial charge in [-0.15, -0.1) is 0 Å². The molecule has 2 aliphatic rings. The molecule has 70 valence electrons. The molecule has 12 heavy (non-hydrogen) atoms. The first-order valence-corrected chi connectivity index (χ1v) is 5.44. The Labute approximate surface area is 79.5 Å². The van der Waals surface area contributed by atoms with Gasteiger partial charge in [-0.25, -0.2) is 0 Å². The number of alkyl halides is 1. The van der Waals surface area contributed by atoms with Crippen LogP contribution in [0.25, 0.3) is 0 Å². The van der Waals surface area contributed by atoms with E-state index in [2.05, 4.69) is 9.80 Å². The van der Waals surface area contributed by atoms with Crippen molar-refractivity contribution in [3.05, 3.63) is 0 Å². The first-order chi connectivity index (χ1) is 5.88. The van der Waals surface area contributed by atoms with Crippen molar-refractivity contribution in [1.82, 2.24) is 9.80 Å². The lowest BCUT2D eigenvalue weighted by atomic mass is 10.4. The van der Waals surface area contributed by atoms with Gasteiger partial charge in [0.25, 0.3) is 0 Å². The molecule has 0 aromatic rings. The van der Waals surface area contributed by atoms with Crippen LogP contribution in [-0.4, -0.2) is 41.6 Å². The van der Waals surface area contributed by atoms with Gasteiger partial charge in [-0.1, -0.05) is 11.6 Å². The molecular weight excluding hydrogens is 172 g/mol. The standard InChI is InChI=1S/C9H17ClN2/c10-9(11-5-1-2-6-11)12-7-3-4-8-12/h9H,1-8H2. The Kier molecular flexibility index (Phi) is 2.89. The van der Waals surface area contributed by atoms with Crippen LogP contribution in [0.3, 0.4) is 0 Å². The Balaban J connectivity index is 1.84. The molecule has 2 aliphatic heterocycles. The fourth-order valence-corrected chi connectivity index (χ4v) is 2.53. The molecule has 2 heterocycles. The highest BCUT2D eigenvalue weighted by molar-refractivity contribution is 6.20. The van der Waals surface area contributed by atoms with E-state index in [1.807, 2.05) is 0 Å². The van der Waals surface area contributed by atoms with Gasteiger partial charge in [-0.05, 0) is 25.7 Å². The predicted molar refractivity (Wildman–Crippen MR) is 51.3 cm³/mol. The molecule has 0 unspecified atom stereocenters. The summed E-state index contributed by atoms with van der Waals surface area (Å²) in [6, 6.07) is 0. The summed E-state index contributed by atoms with van der Waals surface area (Å²) in [5.74, 6) is 0. The van der Waals surface area contributed by atoms with Crippen LogP contribution in [0.4, 0.5) is 0 Å². The molecule has 2 fully saturated rings. The zero-order chi connectivity index (χ0) is 8.39. The molecule has 0 bridgehead atoms. The van der Waals surface area contributed by atoms with Crippen LogP contribution in [0, 0.1) is 0 Å². The minimum absolute atomic E-state index is 0.190. The number of rotatable bonds is 2. The van der Waals surface area contributed by atoms with Gasteiger partial charge in [-0.3, -0.25) is 9.80 Å². The summed E-state index contributed by atoms with van der Waals surface area (Å²) in [4.78, 5) is 4.79. The van der Waals surface area contributed by atoms with Crippen LogP contribution < -0.4 is 0 Å². The summed E-state index contributed by atoms with van der Waals surface area (Å²) in [5, 5.41) is 0. The zero-order valence-electron chi connectivity index (χ0n) is 7.51. The summed E-state index contributed by atoms with van der Waals surface area (Å²) < 4.78 is 0. The predicted octanol–water partition coefficient (Wildman–Crippen LogP) is 1.70. The van der Waals surface area contributed by atoms with E-state index in [4.69, 9.17) is 11.6 Å². The van der Waals surface area contributed by atoms with Crippen LogP contribution in [0.15, 0.2) is 0 Å². The molecule has 0 radical (unpaired) electrons. The minimum atomic E-state index is 0.190. The third-order valence-corrected chi connectivity index (χ3v) is 3.44. The van der Waals surface area contributed by atoms with Gasteiger partial charge in [-0.2, -0.15) is 0 Å². The van der Waals surface area contributed by atoms with Crippen LogP contribution in [0.1, 0.15) is 25.7 Å². The van der Waals surface area contributed by atoms with Gasteiger partial charge in [0.15, 0.2) is 0 Å². The average molecular weight is 189 g/mol. The Bertz CT molecular complexity index is 123. The summed E-state index contributed by atoms with van der Waals surface area (Å²) in [5.41, 5.74) is 0.190. The third-order valence-electron chi connectivity index (χ3n) is 2.88. The average Bonchev–Trinajstić information content (AvgIpc) is 2.77. The molecule has 0 amide bonds. The molecular formula is C9H17ClN2. The summed E-state index contributed by atoms with van der Waals surface area (Å²) in [6.07, 6.45) is 5.32. The van der Waals surface area contributed by atoms with Crippen LogP contribution in [0.2, 0.25) is 0 Å². The first-order valence-electron chi connectivity index (χ1n) is 5.00. The number of halogens is 1.